The van der Waals surface area contributed by atoms with Gasteiger partial charge in [0.1, 0.15) is 5.82 Å². The maximum atomic E-state index is 5.73. The van der Waals surface area contributed by atoms with E-state index in [0.717, 1.165) is 28.5 Å². The van der Waals surface area contributed by atoms with Gasteiger partial charge in [-0.15, -0.1) is 11.3 Å². The summed E-state index contributed by atoms with van der Waals surface area (Å²) in [5, 5.41) is 2.59. The van der Waals surface area contributed by atoms with Crippen molar-refractivity contribution in [2.75, 3.05) is 5.73 Å². The van der Waals surface area contributed by atoms with Gasteiger partial charge < -0.3 is 10.3 Å². The lowest BCUT2D eigenvalue weighted by atomic mass is 10.2. The number of hydrogen-bond donors (Lipinski definition) is 1. The molecule has 0 aliphatic carbocycles. The molecule has 102 valence electrons. The van der Waals surface area contributed by atoms with E-state index in [9.17, 15) is 0 Å². The number of anilines is 1. The van der Waals surface area contributed by atoms with Gasteiger partial charge in [-0.2, -0.15) is 0 Å². The SMILES string of the molecule is Cc1ccnc(-n2c(C)cc(-c3csc(N)n3)c2C)c1. The van der Waals surface area contributed by atoms with Crippen LogP contribution in [-0.2, 0) is 0 Å². The first kappa shape index (κ1) is 12.9. The number of pyridine rings is 1. The average Bonchev–Trinajstić information content (AvgIpc) is 2.93. The molecule has 3 aromatic rings. The molecule has 3 rings (SSSR count). The predicted molar refractivity (Wildman–Crippen MR) is 83.3 cm³/mol. The standard InChI is InChI=1S/C15H16N4S/c1-9-4-5-17-14(6-9)19-10(2)7-12(11(19)3)13-8-20-15(16)18-13/h4-8H,1-3H3,(H2,16,18). The Bertz CT molecular complexity index is 770. The second-order valence-electron chi connectivity index (χ2n) is 4.88. The fourth-order valence-electron chi connectivity index (χ4n) is 2.43. The lowest BCUT2D eigenvalue weighted by Gasteiger charge is -2.09. The largest absolute Gasteiger partial charge is 0.375 e. The molecule has 3 aromatic heterocycles. The van der Waals surface area contributed by atoms with Crippen LogP contribution in [0.25, 0.3) is 17.1 Å². The van der Waals surface area contributed by atoms with Gasteiger partial charge in [0.25, 0.3) is 0 Å². The molecule has 2 N–H and O–H groups in total. The molecule has 0 aliphatic rings. The minimum atomic E-state index is 0.596. The van der Waals surface area contributed by atoms with E-state index in [4.69, 9.17) is 5.73 Å². The number of rotatable bonds is 2. The topological polar surface area (TPSA) is 56.7 Å². The maximum Gasteiger partial charge on any atom is 0.180 e. The Balaban J connectivity index is 2.16. The first-order valence-electron chi connectivity index (χ1n) is 6.39. The second kappa shape index (κ2) is 4.76. The number of nitrogens with two attached hydrogens (primary N) is 1. The molecule has 4 nitrogen and oxygen atoms in total. The number of nitrogen functional groups attached to an aromatic ring is 1. The van der Waals surface area contributed by atoms with Gasteiger partial charge in [0.2, 0.25) is 0 Å². The molecule has 0 amide bonds. The van der Waals surface area contributed by atoms with Gasteiger partial charge in [-0.1, -0.05) is 0 Å². The summed E-state index contributed by atoms with van der Waals surface area (Å²) in [6, 6.07) is 6.22. The molecule has 0 radical (unpaired) electrons. The first-order chi connectivity index (χ1) is 9.56. The molecule has 0 fully saturated rings. The van der Waals surface area contributed by atoms with E-state index in [-0.39, 0.29) is 0 Å². The molecule has 20 heavy (non-hydrogen) atoms. The molecule has 0 aromatic carbocycles. The Kier molecular flexibility index (Phi) is 3.06. The molecule has 0 saturated carbocycles. The summed E-state index contributed by atoms with van der Waals surface area (Å²) in [6.07, 6.45) is 1.84. The van der Waals surface area contributed by atoms with Crippen LogP contribution >= 0.6 is 11.3 Å². The fraction of sp³-hybridized carbons (Fsp3) is 0.200. The zero-order valence-electron chi connectivity index (χ0n) is 11.7. The number of nitrogens with zero attached hydrogens (tertiary/aromatic N) is 3. The monoisotopic (exact) mass is 284 g/mol. The summed E-state index contributed by atoms with van der Waals surface area (Å²) >= 11 is 1.46. The third-order valence-corrected chi connectivity index (χ3v) is 4.03. The van der Waals surface area contributed by atoms with Crippen LogP contribution in [0, 0.1) is 20.8 Å². The van der Waals surface area contributed by atoms with Gasteiger partial charge in [-0.3, -0.25) is 0 Å². The summed E-state index contributed by atoms with van der Waals surface area (Å²) in [6.45, 7) is 6.24. The van der Waals surface area contributed by atoms with Crippen molar-refractivity contribution >= 4 is 16.5 Å². The van der Waals surface area contributed by atoms with Crippen molar-refractivity contribution in [3.63, 3.8) is 0 Å². The lowest BCUT2D eigenvalue weighted by Crippen LogP contribution is -2.01. The minimum Gasteiger partial charge on any atom is -0.375 e. The van der Waals surface area contributed by atoms with E-state index < -0.39 is 0 Å². The molecule has 0 saturated heterocycles. The third-order valence-electron chi connectivity index (χ3n) is 3.36. The van der Waals surface area contributed by atoms with Crippen molar-refractivity contribution in [1.82, 2.24) is 14.5 Å². The van der Waals surface area contributed by atoms with Gasteiger partial charge in [0.05, 0.1) is 5.69 Å². The zero-order chi connectivity index (χ0) is 14.3. The number of thiazole rings is 1. The molecular weight excluding hydrogens is 268 g/mol. The van der Waals surface area contributed by atoms with Crippen molar-refractivity contribution in [3.8, 4) is 17.1 Å². The van der Waals surface area contributed by atoms with E-state index in [0.29, 0.717) is 5.13 Å². The predicted octanol–water partition coefficient (Wildman–Crippen LogP) is 3.50. The maximum absolute atomic E-state index is 5.73. The molecule has 5 heteroatoms. The molecule has 0 unspecified atom stereocenters. The van der Waals surface area contributed by atoms with Crippen LogP contribution < -0.4 is 5.73 Å². The number of aromatic nitrogens is 3. The van der Waals surface area contributed by atoms with E-state index >= 15 is 0 Å². The number of hydrogen-bond acceptors (Lipinski definition) is 4. The van der Waals surface area contributed by atoms with E-state index in [1.54, 1.807) is 0 Å². The molecule has 0 bridgehead atoms. The van der Waals surface area contributed by atoms with Gasteiger partial charge in [-0.05, 0) is 44.5 Å². The first-order valence-corrected chi connectivity index (χ1v) is 7.27. The zero-order valence-corrected chi connectivity index (χ0v) is 12.5. The minimum absolute atomic E-state index is 0.596. The summed E-state index contributed by atoms with van der Waals surface area (Å²) in [5.74, 6) is 0.939. The highest BCUT2D eigenvalue weighted by Gasteiger charge is 2.14. The van der Waals surface area contributed by atoms with Crippen LogP contribution in [0.1, 0.15) is 17.0 Å². The summed E-state index contributed by atoms with van der Waals surface area (Å²) < 4.78 is 2.15. The van der Waals surface area contributed by atoms with Gasteiger partial charge >= 0.3 is 0 Å². The Morgan fingerprint density at radius 1 is 1.20 bits per heavy atom. The van der Waals surface area contributed by atoms with Crippen LogP contribution in [0.4, 0.5) is 5.13 Å². The highest BCUT2D eigenvalue weighted by molar-refractivity contribution is 7.13. The Morgan fingerprint density at radius 3 is 2.65 bits per heavy atom. The second-order valence-corrected chi connectivity index (χ2v) is 5.77. The lowest BCUT2D eigenvalue weighted by molar-refractivity contribution is 0.920. The van der Waals surface area contributed by atoms with E-state index in [1.165, 1.54) is 16.9 Å². The summed E-state index contributed by atoms with van der Waals surface area (Å²) in [7, 11) is 0. The highest BCUT2D eigenvalue weighted by atomic mass is 32.1. The molecule has 3 heterocycles. The highest BCUT2D eigenvalue weighted by Crippen LogP contribution is 2.30. The van der Waals surface area contributed by atoms with Crippen LogP contribution in [0.2, 0.25) is 0 Å². The Labute approximate surface area is 121 Å². The van der Waals surface area contributed by atoms with E-state index in [1.807, 2.05) is 17.6 Å². The van der Waals surface area contributed by atoms with Gasteiger partial charge in [0, 0.05) is 28.5 Å². The van der Waals surface area contributed by atoms with Crippen molar-refractivity contribution in [1.29, 1.82) is 0 Å². The summed E-state index contributed by atoms with van der Waals surface area (Å²) in [5.41, 5.74) is 11.2. The quantitative estimate of drug-likeness (QED) is 0.783. The molecule has 0 atom stereocenters. The fourth-order valence-corrected chi connectivity index (χ4v) is 2.99. The van der Waals surface area contributed by atoms with Crippen LogP contribution in [0.15, 0.2) is 29.8 Å². The normalized spacial score (nSPS) is 10.9. The smallest absolute Gasteiger partial charge is 0.180 e. The van der Waals surface area contributed by atoms with Crippen molar-refractivity contribution in [2.45, 2.75) is 20.8 Å². The van der Waals surface area contributed by atoms with Crippen LogP contribution in [-0.4, -0.2) is 14.5 Å². The molecule has 0 aliphatic heterocycles. The van der Waals surface area contributed by atoms with Gasteiger partial charge in [0.15, 0.2) is 5.13 Å². The van der Waals surface area contributed by atoms with Crippen LogP contribution in [0.5, 0.6) is 0 Å². The Morgan fingerprint density at radius 2 is 2.00 bits per heavy atom. The van der Waals surface area contributed by atoms with Crippen LogP contribution in [0.3, 0.4) is 0 Å². The number of aryl methyl sites for hydroxylation is 2. The van der Waals surface area contributed by atoms with Gasteiger partial charge in [-0.25, -0.2) is 9.97 Å². The van der Waals surface area contributed by atoms with Crippen molar-refractivity contribution < 1.29 is 0 Å². The summed E-state index contributed by atoms with van der Waals surface area (Å²) in [4.78, 5) is 8.83. The van der Waals surface area contributed by atoms with Crippen molar-refractivity contribution in [3.05, 3.63) is 46.7 Å². The third kappa shape index (κ3) is 2.10. The average molecular weight is 284 g/mol. The van der Waals surface area contributed by atoms with E-state index in [2.05, 4.69) is 47.4 Å². The van der Waals surface area contributed by atoms with Crippen molar-refractivity contribution in [2.24, 2.45) is 0 Å². The Hall–Kier alpha value is -2.14. The molecule has 0 spiro atoms. The molecular formula is C15H16N4S.